The number of para-hydroxylation sites is 1. The molecular weight excluding hydrogens is 269 g/mol. The zero-order valence-electron chi connectivity index (χ0n) is 9.86. The summed E-state index contributed by atoms with van der Waals surface area (Å²) >= 11 is 12.0. The molecule has 2 aromatic rings. The third-order valence-electron chi connectivity index (χ3n) is 2.55. The van der Waals surface area contributed by atoms with Crippen molar-refractivity contribution in [3.63, 3.8) is 0 Å². The summed E-state index contributed by atoms with van der Waals surface area (Å²) in [5.41, 5.74) is 6.82. The highest BCUT2D eigenvalue weighted by molar-refractivity contribution is 6.42. The molecule has 0 radical (unpaired) electrons. The van der Waals surface area contributed by atoms with Crippen molar-refractivity contribution in [3.05, 3.63) is 58.1 Å². The Kier molecular flexibility index (Phi) is 4.12. The van der Waals surface area contributed by atoms with Crippen molar-refractivity contribution >= 4 is 23.2 Å². The van der Waals surface area contributed by atoms with Gasteiger partial charge in [0.2, 0.25) is 0 Å². The van der Waals surface area contributed by atoms with Gasteiger partial charge in [0.25, 0.3) is 0 Å². The summed E-state index contributed by atoms with van der Waals surface area (Å²) in [4.78, 5) is 0. The molecule has 0 aromatic heterocycles. The van der Waals surface area contributed by atoms with Crippen LogP contribution in [0.4, 0.5) is 0 Å². The van der Waals surface area contributed by atoms with Crippen LogP contribution in [-0.2, 0) is 0 Å². The van der Waals surface area contributed by atoms with E-state index < -0.39 is 0 Å². The first-order valence-electron chi connectivity index (χ1n) is 5.56. The Morgan fingerprint density at radius 3 is 2.39 bits per heavy atom. The van der Waals surface area contributed by atoms with Crippen LogP contribution >= 0.6 is 23.2 Å². The first-order chi connectivity index (χ1) is 8.59. The fourth-order valence-corrected chi connectivity index (χ4v) is 1.96. The van der Waals surface area contributed by atoms with Crippen LogP contribution in [0.2, 0.25) is 10.0 Å². The predicted octanol–water partition coefficient (Wildman–Crippen LogP) is 4.81. The molecule has 0 saturated carbocycles. The monoisotopic (exact) mass is 281 g/mol. The maximum absolute atomic E-state index is 6.09. The maximum atomic E-state index is 6.09. The van der Waals surface area contributed by atoms with Gasteiger partial charge in [-0.25, -0.2) is 0 Å². The summed E-state index contributed by atoms with van der Waals surface area (Å²) in [7, 11) is 0. The lowest BCUT2D eigenvalue weighted by atomic mass is 10.1. The second-order valence-electron chi connectivity index (χ2n) is 3.98. The summed E-state index contributed by atoms with van der Waals surface area (Å²) in [6.45, 7) is 1.90. The number of hydrogen-bond acceptors (Lipinski definition) is 2. The highest BCUT2D eigenvalue weighted by atomic mass is 35.5. The van der Waals surface area contributed by atoms with Gasteiger partial charge in [0.15, 0.2) is 0 Å². The van der Waals surface area contributed by atoms with Crippen LogP contribution < -0.4 is 10.5 Å². The Balaban J connectivity index is 2.37. The van der Waals surface area contributed by atoms with E-state index in [-0.39, 0.29) is 6.04 Å². The average molecular weight is 282 g/mol. The summed E-state index contributed by atoms with van der Waals surface area (Å²) in [6, 6.07) is 12.8. The number of ether oxygens (including phenoxy) is 1. The standard InChI is InChI=1S/C14H13Cl2NO/c1-9(17)10-5-2-3-7-12(10)18-13-8-4-6-11(15)14(13)16/h2-9H,17H2,1H3/t9-/m1/s1. The van der Waals surface area contributed by atoms with Crippen molar-refractivity contribution < 1.29 is 4.74 Å². The highest BCUT2D eigenvalue weighted by Crippen LogP contribution is 2.36. The summed E-state index contributed by atoms with van der Waals surface area (Å²) in [5, 5.41) is 0.867. The first kappa shape index (κ1) is 13.2. The van der Waals surface area contributed by atoms with Gasteiger partial charge in [0.05, 0.1) is 5.02 Å². The molecular formula is C14H13Cl2NO. The molecule has 4 heteroatoms. The van der Waals surface area contributed by atoms with Gasteiger partial charge in [-0.05, 0) is 25.1 Å². The fourth-order valence-electron chi connectivity index (χ4n) is 1.63. The quantitative estimate of drug-likeness (QED) is 0.877. The van der Waals surface area contributed by atoms with E-state index in [0.29, 0.717) is 21.5 Å². The molecule has 0 heterocycles. The molecule has 0 aliphatic carbocycles. The molecule has 94 valence electrons. The average Bonchev–Trinajstić information content (AvgIpc) is 2.35. The van der Waals surface area contributed by atoms with Gasteiger partial charge in [-0.3, -0.25) is 0 Å². The van der Waals surface area contributed by atoms with Crippen LogP contribution in [0.15, 0.2) is 42.5 Å². The van der Waals surface area contributed by atoms with E-state index in [1.165, 1.54) is 0 Å². The van der Waals surface area contributed by atoms with Crippen LogP contribution in [0.1, 0.15) is 18.5 Å². The second kappa shape index (κ2) is 5.61. The smallest absolute Gasteiger partial charge is 0.147 e. The molecule has 0 amide bonds. The number of rotatable bonds is 3. The van der Waals surface area contributed by atoms with Crippen molar-refractivity contribution in [1.29, 1.82) is 0 Å². The largest absolute Gasteiger partial charge is 0.455 e. The lowest BCUT2D eigenvalue weighted by molar-refractivity contribution is 0.472. The molecule has 0 aliphatic rings. The van der Waals surface area contributed by atoms with Gasteiger partial charge in [0, 0.05) is 11.6 Å². The van der Waals surface area contributed by atoms with Gasteiger partial charge in [-0.15, -0.1) is 0 Å². The molecule has 0 bridgehead atoms. The normalized spacial score (nSPS) is 12.2. The van der Waals surface area contributed by atoms with Crippen molar-refractivity contribution in [3.8, 4) is 11.5 Å². The Hall–Kier alpha value is -1.22. The molecule has 2 rings (SSSR count). The third-order valence-corrected chi connectivity index (χ3v) is 3.35. The van der Waals surface area contributed by atoms with E-state index in [1.807, 2.05) is 31.2 Å². The molecule has 0 aliphatic heterocycles. The molecule has 0 spiro atoms. The van der Waals surface area contributed by atoms with Crippen molar-refractivity contribution in [2.75, 3.05) is 0 Å². The topological polar surface area (TPSA) is 35.2 Å². The molecule has 18 heavy (non-hydrogen) atoms. The Morgan fingerprint density at radius 2 is 1.67 bits per heavy atom. The highest BCUT2D eigenvalue weighted by Gasteiger charge is 2.11. The van der Waals surface area contributed by atoms with E-state index in [9.17, 15) is 0 Å². The van der Waals surface area contributed by atoms with Gasteiger partial charge in [0.1, 0.15) is 16.5 Å². The molecule has 0 unspecified atom stereocenters. The lowest BCUT2D eigenvalue weighted by Gasteiger charge is -2.14. The first-order valence-corrected chi connectivity index (χ1v) is 6.31. The summed E-state index contributed by atoms with van der Waals surface area (Å²) < 4.78 is 5.79. The van der Waals surface area contributed by atoms with Crippen LogP contribution in [0.25, 0.3) is 0 Å². The van der Waals surface area contributed by atoms with Crippen molar-refractivity contribution in [2.45, 2.75) is 13.0 Å². The Bertz CT molecular complexity index is 555. The minimum absolute atomic E-state index is 0.112. The van der Waals surface area contributed by atoms with Crippen LogP contribution in [-0.4, -0.2) is 0 Å². The zero-order chi connectivity index (χ0) is 13.1. The van der Waals surface area contributed by atoms with Gasteiger partial charge >= 0.3 is 0 Å². The molecule has 1 atom stereocenters. The minimum Gasteiger partial charge on any atom is -0.455 e. The maximum Gasteiger partial charge on any atom is 0.147 e. The molecule has 2 aromatic carbocycles. The SMILES string of the molecule is C[C@@H](N)c1ccccc1Oc1cccc(Cl)c1Cl. The third kappa shape index (κ3) is 2.78. The zero-order valence-corrected chi connectivity index (χ0v) is 11.4. The van der Waals surface area contributed by atoms with Crippen LogP contribution in [0, 0.1) is 0 Å². The van der Waals surface area contributed by atoms with E-state index >= 15 is 0 Å². The van der Waals surface area contributed by atoms with E-state index in [1.54, 1.807) is 18.2 Å². The predicted molar refractivity (Wildman–Crippen MR) is 75.6 cm³/mol. The second-order valence-corrected chi connectivity index (χ2v) is 4.77. The van der Waals surface area contributed by atoms with Gasteiger partial charge in [-0.1, -0.05) is 47.5 Å². The van der Waals surface area contributed by atoms with Gasteiger partial charge < -0.3 is 10.5 Å². The minimum atomic E-state index is -0.112. The fraction of sp³-hybridized carbons (Fsp3) is 0.143. The van der Waals surface area contributed by atoms with Crippen molar-refractivity contribution in [1.82, 2.24) is 0 Å². The lowest BCUT2D eigenvalue weighted by Crippen LogP contribution is -2.06. The molecule has 2 N–H and O–H groups in total. The molecule has 0 fully saturated rings. The Morgan fingerprint density at radius 1 is 1.00 bits per heavy atom. The van der Waals surface area contributed by atoms with Crippen LogP contribution in [0.3, 0.4) is 0 Å². The van der Waals surface area contributed by atoms with E-state index in [0.717, 1.165) is 5.56 Å². The summed E-state index contributed by atoms with van der Waals surface area (Å²) in [6.07, 6.45) is 0. The number of hydrogen-bond donors (Lipinski definition) is 1. The number of benzene rings is 2. The van der Waals surface area contributed by atoms with Crippen LogP contribution in [0.5, 0.6) is 11.5 Å². The van der Waals surface area contributed by atoms with Gasteiger partial charge in [-0.2, -0.15) is 0 Å². The van der Waals surface area contributed by atoms with E-state index in [2.05, 4.69) is 0 Å². The summed E-state index contributed by atoms with van der Waals surface area (Å²) in [5.74, 6) is 1.22. The number of nitrogens with two attached hydrogens (primary N) is 1. The Labute approximate surface area is 116 Å². The molecule has 0 saturated heterocycles. The van der Waals surface area contributed by atoms with E-state index in [4.69, 9.17) is 33.7 Å². The number of halogens is 2. The molecule has 2 nitrogen and oxygen atoms in total. The van der Waals surface area contributed by atoms with Crippen molar-refractivity contribution in [2.24, 2.45) is 5.73 Å².